The Morgan fingerprint density at radius 3 is 2.70 bits per heavy atom. The molecule has 10 heteroatoms. The van der Waals surface area contributed by atoms with E-state index in [1.807, 2.05) is 55.5 Å². The third kappa shape index (κ3) is 5.31. The van der Waals surface area contributed by atoms with Crippen LogP contribution in [-0.4, -0.2) is 33.6 Å². The van der Waals surface area contributed by atoms with Crippen molar-refractivity contribution < 1.29 is 19.4 Å². The number of aliphatic hydroxyl groups is 1. The van der Waals surface area contributed by atoms with Crippen LogP contribution in [0.25, 0.3) is 0 Å². The van der Waals surface area contributed by atoms with Gasteiger partial charge in [-0.2, -0.15) is 0 Å². The van der Waals surface area contributed by atoms with Crippen molar-refractivity contribution in [3.8, 4) is 5.75 Å². The van der Waals surface area contributed by atoms with Crippen molar-refractivity contribution in [3.63, 3.8) is 0 Å². The molecular formula is C27H23N3O4S3. The Morgan fingerprint density at radius 2 is 1.95 bits per heavy atom. The Morgan fingerprint density at radius 1 is 1.11 bits per heavy atom. The number of carbonyl (C=O) groups is 2. The van der Waals surface area contributed by atoms with Gasteiger partial charge in [-0.3, -0.25) is 14.5 Å². The zero-order chi connectivity index (χ0) is 25.8. The monoisotopic (exact) mass is 549 g/mol. The van der Waals surface area contributed by atoms with E-state index in [1.165, 1.54) is 39.3 Å². The number of ether oxygens (including phenoxy) is 1. The van der Waals surface area contributed by atoms with Crippen LogP contribution in [0.3, 0.4) is 0 Å². The zero-order valence-electron chi connectivity index (χ0n) is 19.9. The predicted molar refractivity (Wildman–Crippen MR) is 147 cm³/mol. The van der Waals surface area contributed by atoms with Gasteiger partial charge in [0.05, 0.1) is 23.1 Å². The van der Waals surface area contributed by atoms with E-state index in [4.69, 9.17) is 4.74 Å². The number of aromatic nitrogens is 2. The van der Waals surface area contributed by atoms with Crippen LogP contribution in [0, 0.1) is 0 Å². The van der Waals surface area contributed by atoms with Crippen molar-refractivity contribution in [2.75, 3.05) is 11.5 Å². The predicted octanol–water partition coefficient (Wildman–Crippen LogP) is 6.46. The molecule has 37 heavy (non-hydrogen) atoms. The number of Topliss-reactive ketones (excluding diaryl/α,β-unsaturated/α-hetero) is 1. The highest BCUT2D eigenvalue weighted by molar-refractivity contribution is 8.00. The maximum absolute atomic E-state index is 13.5. The van der Waals surface area contributed by atoms with Gasteiger partial charge in [0.15, 0.2) is 10.1 Å². The minimum atomic E-state index is -0.868. The van der Waals surface area contributed by atoms with Crippen LogP contribution < -0.4 is 9.64 Å². The van der Waals surface area contributed by atoms with E-state index < -0.39 is 23.5 Å². The highest BCUT2D eigenvalue weighted by Crippen LogP contribution is 2.44. The lowest BCUT2D eigenvalue weighted by molar-refractivity contribution is -0.117. The number of anilines is 1. The van der Waals surface area contributed by atoms with Crippen LogP contribution in [0.5, 0.6) is 5.75 Å². The van der Waals surface area contributed by atoms with Crippen LogP contribution >= 0.6 is 34.4 Å². The number of hydrogen-bond acceptors (Lipinski definition) is 9. The van der Waals surface area contributed by atoms with Crippen molar-refractivity contribution in [1.29, 1.82) is 0 Å². The summed E-state index contributed by atoms with van der Waals surface area (Å²) >= 11 is 4.03. The minimum absolute atomic E-state index is 0.0220. The average Bonchev–Trinajstić information content (AvgIpc) is 3.68. The lowest BCUT2D eigenvalue weighted by Crippen LogP contribution is -2.31. The van der Waals surface area contributed by atoms with Gasteiger partial charge < -0.3 is 9.84 Å². The summed E-state index contributed by atoms with van der Waals surface area (Å²) in [5.41, 5.74) is 1.81. The zero-order valence-corrected chi connectivity index (χ0v) is 22.3. The number of benzene rings is 2. The van der Waals surface area contributed by atoms with Crippen molar-refractivity contribution in [2.24, 2.45) is 0 Å². The first-order valence-electron chi connectivity index (χ1n) is 11.6. The number of nitrogens with zero attached hydrogens (tertiary/aromatic N) is 3. The second-order valence-electron chi connectivity index (χ2n) is 8.19. The lowest BCUT2D eigenvalue weighted by atomic mass is 9.95. The van der Waals surface area contributed by atoms with Gasteiger partial charge in [-0.25, -0.2) is 0 Å². The van der Waals surface area contributed by atoms with Crippen LogP contribution in [0.1, 0.15) is 40.2 Å². The van der Waals surface area contributed by atoms with Crippen molar-refractivity contribution in [1.82, 2.24) is 10.2 Å². The topological polar surface area (TPSA) is 92.6 Å². The van der Waals surface area contributed by atoms with Crippen molar-refractivity contribution >= 4 is 51.3 Å². The summed E-state index contributed by atoms with van der Waals surface area (Å²) in [7, 11) is 0. The molecule has 188 valence electrons. The summed E-state index contributed by atoms with van der Waals surface area (Å²) in [6.07, 6.45) is 0.843. The smallest absolute Gasteiger partial charge is 0.296 e. The molecule has 0 bridgehead atoms. The van der Waals surface area contributed by atoms with Gasteiger partial charge in [0.25, 0.3) is 5.91 Å². The molecule has 0 saturated heterocycles. The summed E-state index contributed by atoms with van der Waals surface area (Å²) < 4.78 is 6.49. The molecule has 7 nitrogen and oxygen atoms in total. The molecular weight excluding hydrogens is 527 g/mol. The number of rotatable bonds is 10. The quantitative estimate of drug-likeness (QED) is 0.138. The molecule has 5 rings (SSSR count). The standard InChI is InChI=1S/C27H23N3O4S3/c1-2-13-34-19-11-6-10-18(15-19)22-21(23(31)20-12-7-14-35-20)24(32)25(33)30(22)26-28-29-27(37-26)36-16-17-8-4-3-5-9-17/h3-12,14-15,22,32H,2,13,16H2,1H3. The molecule has 1 atom stereocenters. The van der Waals surface area contributed by atoms with E-state index in [-0.39, 0.29) is 5.57 Å². The normalized spacial score (nSPS) is 15.4. The molecule has 2 aromatic heterocycles. The maximum atomic E-state index is 13.5. The first-order valence-corrected chi connectivity index (χ1v) is 14.3. The lowest BCUT2D eigenvalue weighted by Gasteiger charge is -2.24. The summed E-state index contributed by atoms with van der Waals surface area (Å²) in [6.45, 7) is 2.56. The largest absolute Gasteiger partial charge is 0.503 e. The Balaban J connectivity index is 1.50. The van der Waals surface area contributed by atoms with Crippen LogP contribution in [0.15, 0.2) is 87.8 Å². The van der Waals surface area contributed by atoms with Gasteiger partial charge in [-0.05, 0) is 41.1 Å². The number of ketones is 1. The average molecular weight is 550 g/mol. The summed E-state index contributed by atoms with van der Waals surface area (Å²) in [5.74, 6) is -0.318. The number of amides is 1. The number of aliphatic hydroxyl groups excluding tert-OH is 1. The molecule has 0 fully saturated rings. The second-order valence-corrected chi connectivity index (χ2v) is 11.3. The summed E-state index contributed by atoms with van der Waals surface area (Å²) in [4.78, 5) is 28.7. The van der Waals surface area contributed by atoms with E-state index in [0.717, 1.165) is 12.0 Å². The van der Waals surface area contributed by atoms with Crippen LogP contribution in [0.2, 0.25) is 0 Å². The second kappa shape index (κ2) is 11.3. The molecule has 2 aromatic carbocycles. The van der Waals surface area contributed by atoms with Crippen molar-refractivity contribution in [2.45, 2.75) is 29.5 Å². The number of carbonyl (C=O) groups excluding carboxylic acids is 2. The van der Waals surface area contributed by atoms with Crippen molar-refractivity contribution in [3.05, 3.63) is 99.4 Å². The fraction of sp³-hybridized carbons (Fsp3) is 0.185. The van der Waals surface area contributed by atoms with E-state index in [9.17, 15) is 14.7 Å². The van der Waals surface area contributed by atoms with Gasteiger partial charge in [0, 0.05) is 5.75 Å². The highest BCUT2D eigenvalue weighted by atomic mass is 32.2. The minimum Gasteiger partial charge on any atom is -0.503 e. The molecule has 0 radical (unpaired) electrons. The highest BCUT2D eigenvalue weighted by Gasteiger charge is 2.46. The number of hydrogen-bond donors (Lipinski definition) is 1. The molecule has 1 amide bonds. The molecule has 3 heterocycles. The van der Waals surface area contributed by atoms with E-state index in [1.54, 1.807) is 23.6 Å². The molecule has 4 aromatic rings. The fourth-order valence-electron chi connectivity index (χ4n) is 3.96. The number of thiophene rings is 1. The SMILES string of the molecule is CCCOc1cccc(C2C(C(=O)c3cccs3)=C(O)C(=O)N2c2nnc(SCc3ccccc3)s2)c1. The van der Waals surface area contributed by atoms with Gasteiger partial charge in [0.1, 0.15) is 5.75 Å². The number of thioether (sulfide) groups is 1. The molecule has 0 aliphatic carbocycles. The third-order valence-electron chi connectivity index (χ3n) is 5.65. The molecule has 1 unspecified atom stereocenters. The van der Waals surface area contributed by atoms with E-state index in [0.29, 0.717) is 38.0 Å². The van der Waals surface area contributed by atoms with Gasteiger partial charge in [-0.15, -0.1) is 21.5 Å². The summed E-state index contributed by atoms with van der Waals surface area (Å²) in [6, 6.07) is 19.8. The van der Waals surface area contributed by atoms with Gasteiger partial charge in [0.2, 0.25) is 10.9 Å². The van der Waals surface area contributed by atoms with E-state index in [2.05, 4.69) is 10.2 Å². The first-order chi connectivity index (χ1) is 18.1. The van der Waals surface area contributed by atoms with Crippen LogP contribution in [0.4, 0.5) is 5.13 Å². The molecule has 1 aliphatic heterocycles. The fourth-order valence-corrected chi connectivity index (χ4v) is 6.46. The Bertz CT molecular complexity index is 1430. The molecule has 0 saturated carbocycles. The van der Waals surface area contributed by atoms with Crippen LogP contribution in [-0.2, 0) is 10.5 Å². The molecule has 1 aliphatic rings. The first kappa shape index (κ1) is 25.2. The van der Waals surface area contributed by atoms with Gasteiger partial charge in [-0.1, -0.05) is 78.6 Å². The Kier molecular flexibility index (Phi) is 7.68. The van der Waals surface area contributed by atoms with E-state index >= 15 is 0 Å². The molecule has 0 spiro atoms. The molecule has 1 N–H and O–H groups in total. The Hall–Kier alpha value is -3.47. The third-order valence-corrected chi connectivity index (χ3v) is 8.65. The maximum Gasteiger partial charge on any atom is 0.296 e. The van der Waals surface area contributed by atoms with Gasteiger partial charge >= 0.3 is 0 Å². The Labute approximate surface area is 226 Å². The summed E-state index contributed by atoms with van der Waals surface area (Å²) in [5, 5.41) is 21.6.